The van der Waals surface area contributed by atoms with E-state index in [2.05, 4.69) is 17.9 Å². The van der Waals surface area contributed by atoms with Crippen molar-refractivity contribution in [1.29, 1.82) is 0 Å². The Bertz CT molecular complexity index is 171. The molecule has 1 aliphatic carbocycles. The van der Waals surface area contributed by atoms with Crippen LogP contribution < -0.4 is 5.32 Å². The second-order valence-corrected chi connectivity index (χ2v) is 3.71. The lowest BCUT2D eigenvalue weighted by Gasteiger charge is -2.08. The van der Waals surface area contributed by atoms with Crippen LogP contribution in [0, 0.1) is 11.8 Å². The zero-order chi connectivity index (χ0) is 7.14. The molecule has 2 nitrogen and oxygen atoms in total. The maximum atomic E-state index is 11.1. The minimum Gasteiger partial charge on any atom is -0.344 e. The van der Waals surface area contributed by atoms with Crippen molar-refractivity contribution in [1.82, 2.24) is 5.32 Å². The Kier molecular flexibility index (Phi) is 1.41. The van der Waals surface area contributed by atoms with E-state index < -0.39 is 0 Å². The summed E-state index contributed by atoms with van der Waals surface area (Å²) >= 11 is 4.29. The number of amides is 1. The molecule has 1 saturated carbocycles. The first-order valence-electron chi connectivity index (χ1n) is 3.77. The quantitative estimate of drug-likeness (QED) is 0.500. The Hall–Kier alpha value is -0.180. The van der Waals surface area contributed by atoms with E-state index in [1.807, 2.05) is 0 Å². The van der Waals surface area contributed by atoms with Gasteiger partial charge >= 0.3 is 0 Å². The van der Waals surface area contributed by atoms with Gasteiger partial charge in [0, 0.05) is 5.92 Å². The van der Waals surface area contributed by atoms with Crippen LogP contribution in [0.5, 0.6) is 0 Å². The summed E-state index contributed by atoms with van der Waals surface area (Å²) in [6.45, 7) is 0. The molecule has 10 heavy (non-hydrogen) atoms. The maximum absolute atomic E-state index is 11.1. The van der Waals surface area contributed by atoms with E-state index in [9.17, 15) is 4.79 Å². The van der Waals surface area contributed by atoms with Gasteiger partial charge in [-0.1, -0.05) is 6.42 Å². The van der Waals surface area contributed by atoms with Gasteiger partial charge in [-0.3, -0.25) is 4.79 Å². The molecule has 0 bridgehead atoms. The summed E-state index contributed by atoms with van der Waals surface area (Å²) in [7, 11) is 0. The number of hydrogen-bond donors (Lipinski definition) is 2. The zero-order valence-electron chi connectivity index (χ0n) is 5.71. The molecule has 0 aromatic carbocycles. The van der Waals surface area contributed by atoms with E-state index in [0.717, 1.165) is 6.42 Å². The number of thiol groups is 1. The highest BCUT2D eigenvalue weighted by molar-refractivity contribution is 7.81. The van der Waals surface area contributed by atoms with E-state index in [4.69, 9.17) is 0 Å². The van der Waals surface area contributed by atoms with Gasteiger partial charge in [0.25, 0.3) is 0 Å². The van der Waals surface area contributed by atoms with Crippen LogP contribution in [0.2, 0.25) is 0 Å². The molecule has 1 aliphatic heterocycles. The Balaban J connectivity index is 2.19. The average molecular weight is 157 g/mol. The molecule has 0 aromatic heterocycles. The van der Waals surface area contributed by atoms with Crippen molar-refractivity contribution in [3.05, 3.63) is 0 Å². The summed E-state index contributed by atoms with van der Waals surface area (Å²) in [6, 6.07) is 0. The number of hydrogen-bond acceptors (Lipinski definition) is 2. The molecule has 2 rings (SSSR count). The molecule has 3 atom stereocenters. The lowest BCUT2D eigenvalue weighted by Crippen LogP contribution is -2.23. The Labute approximate surface area is 65.8 Å². The van der Waals surface area contributed by atoms with Crippen LogP contribution in [0.1, 0.15) is 19.3 Å². The van der Waals surface area contributed by atoms with Gasteiger partial charge in [-0.25, -0.2) is 0 Å². The van der Waals surface area contributed by atoms with Crippen LogP contribution in [0.15, 0.2) is 0 Å². The minimum absolute atomic E-state index is 0.139. The molecule has 0 aromatic rings. The van der Waals surface area contributed by atoms with Crippen molar-refractivity contribution in [2.45, 2.75) is 24.6 Å². The molecule has 1 N–H and O–H groups in total. The highest BCUT2D eigenvalue weighted by atomic mass is 32.1. The molecule has 2 aliphatic rings. The molecule has 0 spiro atoms. The third kappa shape index (κ3) is 0.764. The molecule has 1 heterocycles. The van der Waals surface area contributed by atoms with Gasteiger partial charge in [0.15, 0.2) is 0 Å². The van der Waals surface area contributed by atoms with Gasteiger partial charge in [-0.15, -0.1) is 0 Å². The van der Waals surface area contributed by atoms with E-state index in [1.165, 1.54) is 12.8 Å². The van der Waals surface area contributed by atoms with Crippen molar-refractivity contribution in [2.24, 2.45) is 11.8 Å². The van der Waals surface area contributed by atoms with Gasteiger partial charge in [0.05, 0.1) is 5.37 Å². The predicted octanol–water partition coefficient (Wildman–Crippen LogP) is 0.788. The summed E-state index contributed by atoms with van der Waals surface area (Å²) in [6.07, 6.45) is 3.46. The van der Waals surface area contributed by atoms with Gasteiger partial charge < -0.3 is 5.32 Å². The molecule has 1 amide bonds. The summed E-state index contributed by atoms with van der Waals surface area (Å²) in [5, 5.41) is 2.98. The Morgan fingerprint density at radius 3 is 3.00 bits per heavy atom. The van der Waals surface area contributed by atoms with Gasteiger partial charge in [-0.2, -0.15) is 12.6 Å². The highest BCUT2D eigenvalue weighted by Crippen LogP contribution is 2.39. The van der Waals surface area contributed by atoms with Crippen LogP contribution >= 0.6 is 12.6 Å². The number of carbonyl (C=O) groups excluding carboxylic acids is 1. The van der Waals surface area contributed by atoms with Crippen molar-refractivity contribution in [3.8, 4) is 0 Å². The third-order valence-electron chi connectivity index (χ3n) is 2.60. The molecule has 0 radical (unpaired) electrons. The van der Waals surface area contributed by atoms with E-state index in [0.29, 0.717) is 11.8 Å². The molecular weight excluding hydrogens is 146 g/mol. The number of rotatable bonds is 0. The SMILES string of the molecule is O=C1NC(S)C2CCCC12. The first kappa shape index (κ1) is 6.53. The standard InChI is InChI=1S/C7H11NOS/c9-6-4-2-1-3-5(4)7(10)8-6/h4-5,7,10H,1-3H2,(H,8,9). The fourth-order valence-corrected chi connectivity index (χ4v) is 2.54. The molecule has 2 fully saturated rings. The first-order chi connectivity index (χ1) is 4.79. The summed E-state index contributed by atoms with van der Waals surface area (Å²) in [4.78, 5) is 11.1. The van der Waals surface area contributed by atoms with E-state index >= 15 is 0 Å². The Morgan fingerprint density at radius 1 is 1.50 bits per heavy atom. The molecule has 3 heteroatoms. The summed E-state index contributed by atoms with van der Waals surface area (Å²) < 4.78 is 0. The smallest absolute Gasteiger partial charge is 0.224 e. The fourth-order valence-electron chi connectivity index (χ4n) is 2.05. The summed E-state index contributed by atoms with van der Waals surface area (Å²) in [5.74, 6) is 1.04. The highest BCUT2D eigenvalue weighted by Gasteiger charge is 2.43. The number of fused-ring (bicyclic) bond motifs is 1. The monoisotopic (exact) mass is 157 g/mol. The van der Waals surface area contributed by atoms with Crippen LogP contribution in [0.4, 0.5) is 0 Å². The van der Waals surface area contributed by atoms with Crippen LogP contribution in [-0.4, -0.2) is 11.3 Å². The molecule has 3 unspecified atom stereocenters. The van der Waals surface area contributed by atoms with Gasteiger partial charge in [0.2, 0.25) is 5.91 Å². The first-order valence-corrected chi connectivity index (χ1v) is 4.29. The van der Waals surface area contributed by atoms with Crippen molar-refractivity contribution in [2.75, 3.05) is 0 Å². The zero-order valence-corrected chi connectivity index (χ0v) is 6.60. The largest absolute Gasteiger partial charge is 0.344 e. The Morgan fingerprint density at radius 2 is 2.30 bits per heavy atom. The van der Waals surface area contributed by atoms with Gasteiger partial charge in [-0.05, 0) is 18.8 Å². The van der Waals surface area contributed by atoms with E-state index in [-0.39, 0.29) is 11.3 Å². The fraction of sp³-hybridized carbons (Fsp3) is 0.857. The lowest BCUT2D eigenvalue weighted by atomic mass is 10.0. The second kappa shape index (κ2) is 2.16. The van der Waals surface area contributed by atoms with Crippen LogP contribution in [0.3, 0.4) is 0 Å². The third-order valence-corrected chi connectivity index (χ3v) is 3.11. The summed E-state index contributed by atoms with van der Waals surface area (Å²) in [5.41, 5.74) is 0. The molecule has 56 valence electrons. The normalized spacial score (nSPS) is 45.3. The van der Waals surface area contributed by atoms with E-state index in [1.54, 1.807) is 0 Å². The lowest BCUT2D eigenvalue weighted by molar-refractivity contribution is -0.122. The van der Waals surface area contributed by atoms with Crippen molar-refractivity contribution < 1.29 is 4.79 Å². The number of nitrogens with one attached hydrogen (secondary N) is 1. The maximum Gasteiger partial charge on any atom is 0.224 e. The van der Waals surface area contributed by atoms with Crippen molar-refractivity contribution >= 4 is 18.5 Å². The predicted molar refractivity (Wildman–Crippen MR) is 41.7 cm³/mol. The topological polar surface area (TPSA) is 29.1 Å². The number of carbonyl (C=O) groups is 1. The second-order valence-electron chi connectivity index (χ2n) is 3.15. The van der Waals surface area contributed by atoms with Crippen molar-refractivity contribution in [3.63, 3.8) is 0 Å². The van der Waals surface area contributed by atoms with Crippen LogP contribution in [0.25, 0.3) is 0 Å². The molecular formula is C7H11NOS. The van der Waals surface area contributed by atoms with Crippen LogP contribution in [-0.2, 0) is 4.79 Å². The average Bonchev–Trinajstić information content (AvgIpc) is 2.39. The molecule has 1 saturated heterocycles. The van der Waals surface area contributed by atoms with Gasteiger partial charge in [0.1, 0.15) is 0 Å². The minimum atomic E-state index is 0.139.